The lowest BCUT2D eigenvalue weighted by molar-refractivity contribution is 0.0765. The van der Waals surface area contributed by atoms with Gasteiger partial charge in [-0.25, -0.2) is 0 Å². The summed E-state index contributed by atoms with van der Waals surface area (Å²) in [6, 6.07) is 11.6. The molecule has 0 atom stereocenters. The van der Waals surface area contributed by atoms with Gasteiger partial charge in [-0.15, -0.1) is 0 Å². The Morgan fingerprint density at radius 1 is 1.39 bits per heavy atom. The second kappa shape index (κ2) is 5.64. The highest BCUT2D eigenvalue weighted by molar-refractivity contribution is 5.93. The van der Waals surface area contributed by atoms with E-state index in [1.54, 1.807) is 0 Å². The first-order valence-electron chi connectivity index (χ1n) is 5.50. The van der Waals surface area contributed by atoms with Crippen molar-refractivity contribution in [3.63, 3.8) is 0 Å². The third-order valence-electron chi connectivity index (χ3n) is 2.51. The Morgan fingerprint density at radius 3 is 2.78 bits per heavy atom. The molecule has 0 unspecified atom stereocenters. The molecule has 0 aliphatic rings. The van der Waals surface area contributed by atoms with Gasteiger partial charge >= 0.3 is 0 Å². The molecule has 18 heavy (non-hydrogen) atoms. The number of nitrogens with zero attached hydrogens (tertiary/aromatic N) is 3. The topological polar surface area (TPSA) is 72.8 Å². The molecular formula is C13H12N4O. The zero-order valence-corrected chi connectivity index (χ0v) is 9.71. The molecule has 0 fully saturated rings. The van der Waals surface area contributed by atoms with Gasteiger partial charge in [0, 0.05) is 12.7 Å². The number of hydrogen-bond acceptors (Lipinski definition) is 3. The van der Waals surface area contributed by atoms with Crippen molar-refractivity contribution in [2.75, 3.05) is 6.54 Å². The Bertz CT molecular complexity index is 542. The third-order valence-corrected chi connectivity index (χ3v) is 2.51. The van der Waals surface area contributed by atoms with Crippen LogP contribution in [0.3, 0.4) is 0 Å². The van der Waals surface area contributed by atoms with E-state index in [-0.39, 0.29) is 12.5 Å². The van der Waals surface area contributed by atoms with Gasteiger partial charge in [0.15, 0.2) is 0 Å². The molecule has 5 heteroatoms. The van der Waals surface area contributed by atoms with Crippen LogP contribution in [0.2, 0.25) is 0 Å². The predicted octanol–water partition coefficient (Wildman–Crippen LogP) is 1.58. The number of aromatic nitrogens is 2. The number of nitriles is 1. The largest absolute Gasteiger partial charge is 0.321 e. The molecule has 2 rings (SSSR count). The van der Waals surface area contributed by atoms with Crippen molar-refractivity contribution in [3.8, 4) is 6.07 Å². The van der Waals surface area contributed by atoms with Crippen LogP contribution in [0.1, 0.15) is 15.9 Å². The molecule has 0 bridgehead atoms. The van der Waals surface area contributed by atoms with Gasteiger partial charge in [-0.1, -0.05) is 30.3 Å². The molecular weight excluding hydrogens is 228 g/mol. The molecule has 0 saturated heterocycles. The zero-order chi connectivity index (χ0) is 12.8. The number of aromatic amines is 1. The Labute approximate surface area is 105 Å². The van der Waals surface area contributed by atoms with Gasteiger partial charge in [0.25, 0.3) is 5.91 Å². The summed E-state index contributed by atoms with van der Waals surface area (Å²) in [6.45, 7) is 0.470. The van der Waals surface area contributed by atoms with Crippen LogP contribution in [0.15, 0.2) is 42.7 Å². The van der Waals surface area contributed by atoms with Crippen LogP contribution in [0, 0.1) is 11.3 Å². The number of carbonyl (C=O) groups excluding carboxylic acids is 1. The number of benzene rings is 1. The van der Waals surface area contributed by atoms with E-state index in [4.69, 9.17) is 5.26 Å². The van der Waals surface area contributed by atoms with Crippen LogP contribution in [0.5, 0.6) is 0 Å². The van der Waals surface area contributed by atoms with E-state index in [1.807, 2.05) is 36.4 Å². The molecule has 1 N–H and O–H groups in total. The van der Waals surface area contributed by atoms with Crippen LogP contribution >= 0.6 is 0 Å². The normalized spacial score (nSPS) is 9.72. The number of rotatable bonds is 4. The van der Waals surface area contributed by atoms with Crippen LogP contribution in [-0.4, -0.2) is 27.5 Å². The van der Waals surface area contributed by atoms with Gasteiger partial charge in [-0.2, -0.15) is 10.4 Å². The van der Waals surface area contributed by atoms with Crippen LogP contribution < -0.4 is 0 Å². The fourth-order valence-electron chi connectivity index (χ4n) is 1.64. The highest BCUT2D eigenvalue weighted by atomic mass is 16.2. The second-order valence-electron chi connectivity index (χ2n) is 3.79. The van der Waals surface area contributed by atoms with E-state index >= 15 is 0 Å². The lowest BCUT2D eigenvalue weighted by Crippen LogP contribution is -2.30. The standard InChI is InChI=1S/C13H12N4O/c14-6-7-17(10-11-4-2-1-3-5-11)13(18)12-8-15-16-9-12/h1-5,8-9H,7,10H2,(H,15,16). The summed E-state index contributed by atoms with van der Waals surface area (Å²) in [5.74, 6) is -0.200. The number of nitrogens with one attached hydrogen (secondary N) is 1. The summed E-state index contributed by atoms with van der Waals surface area (Å²) in [6.07, 6.45) is 2.98. The fourth-order valence-corrected chi connectivity index (χ4v) is 1.64. The third kappa shape index (κ3) is 2.74. The Kier molecular flexibility index (Phi) is 3.72. The zero-order valence-electron chi connectivity index (χ0n) is 9.71. The smallest absolute Gasteiger partial charge is 0.258 e. The molecule has 0 aliphatic heterocycles. The van der Waals surface area contributed by atoms with Crippen LogP contribution in [0.25, 0.3) is 0 Å². The minimum atomic E-state index is -0.200. The van der Waals surface area contributed by atoms with Crippen molar-refractivity contribution in [1.29, 1.82) is 5.26 Å². The summed E-state index contributed by atoms with van der Waals surface area (Å²) in [7, 11) is 0. The Morgan fingerprint density at radius 2 is 2.17 bits per heavy atom. The highest BCUT2D eigenvalue weighted by Gasteiger charge is 2.16. The van der Waals surface area contributed by atoms with Gasteiger partial charge in [-0.05, 0) is 5.56 Å². The molecule has 1 aromatic carbocycles. The van der Waals surface area contributed by atoms with E-state index in [1.165, 1.54) is 17.3 Å². The molecule has 0 spiro atoms. The minimum Gasteiger partial charge on any atom is -0.321 e. The Balaban J connectivity index is 2.14. The lowest BCUT2D eigenvalue weighted by atomic mass is 10.2. The first kappa shape index (κ1) is 11.9. The molecule has 5 nitrogen and oxygen atoms in total. The molecule has 0 aliphatic carbocycles. The first-order valence-corrected chi connectivity index (χ1v) is 5.50. The monoisotopic (exact) mass is 240 g/mol. The van der Waals surface area contributed by atoms with E-state index in [0.717, 1.165) is 5.56 Å². The predicted molar refractivity (Wildman–Crippen MR) is 65.4 cm³/mol. The van der Waals surface area contributed by atoms with Gasteiger partial charge in [0.2, 0.25) is 0 Å². The van der Waals surface area contributed by atoms with Gasteiger partial charge in [-0.3, -0.25) is 9.89 Å². The number of carbonyl (C=O) groups is 1. The van der Waals surface area contributed by atoms with E-state index in [2.05, 4.69) is 10.2 Å². The summed E-state index contributed by atoms with van der Waals surface area (Å²) < 4.78 is 0. The van der Waals surface area contributed by atoms with Crippen molar-refractivity contribution in [1.82, 2.24) is 15.1 Å². The SMILES string of the molecule is N#CCN(Cc1ccccc1)C(=O)c1cn[nH]c1. The fraction of sp³-hybridized carbons (Fsp3) is 0.154. The van der Waals surface area contributed by atoms with Gasteiger partial charge in [0.1, 0.15) is 6.54 Å². The molecule has 90 valence electrons. The summed E-state index contributed by atoms with van der Waals surface area (Å²) in [5, 5.41) is 15.1. The lowest BCUT2D eigenvalue weighted by Gasteiger charge is -2.18. The molecule has 1 heterocycles. The maximum atomic E-state index is 12.1. The average molecular weight is 240 g/mol. The first-order chi connectivity index (χ1) is 8.81. The van der Waals surface area contributed by atoms with E-state index in [9.17, 15) is 4.79 Å². The van der Waals surface area contributed by atoms with Crippen molar-refractivity contribution in [2.45, 2.75) is 6.54 Å². The van der Waals surface area contributed by atoms with Crippen molar-refractivity contribution in [3.05, 3.63) is 53.9 Å². The van der Waals surface area contributed by atoms with Crippen LogP contribution in [0.4, 0.5) is 0 Å². The van der Waals surface area contributed by atoms with Crippen molar-refractivity contribution < 1.29 is 4.79 Å². The quantitative estimate of drug-likeness (QED) is 0.824. The number of H-pyrrole nitrogens is 1. The second-order valence-corrected chi connectivity index (χ2v) is 3.79. The molecule has 1 amide bonds. The molecule has 1 aromatic heterocycles. The van der Waals surface area contributed by atoms with Crippen molar-refractivity contribution >= 4 is 5.91 Å². The molecule has 2 aromatic rings. The summed E-state index contributed by atoms with van der Waals surface area (Å²) in [5.41, 5.74) is 1.45. The van der Waals surface area contributed by atoms with E-state index in [0.29, 0.717) is 12.1 Å². The highest BCUT2D eigenvalue weighted by Crippen LogP contribution is 2.08. The molecule has 0 saturated carbocycles. The minimum absolute atomic E-state index is 0.0545. The Hall–Kier alpha value is -2.61. The maximum Gasteiger partial charge on any atom is 0.258 e. The number of hydrogen-bond donors (Lipinski definition) is 1. The maximum absolute atomic E-state index is 12.1. The van der Waals surface area contributed by atoms with Gasteiger partial charge in [0.05, 0.1) is 17.8 Å². The summed E-state index contributed by atoms with van der Waals surface area (Å²) in [4.78, 5) is 13.6. The summed E-state index contributed by atoms with van der Waals surface area (Å²) >= 11 is 0. The van der Waals surface area contributed by atoms with E-state index < -0.39 is 0 Å². The van der Waals surface area contributed by atoms with Gasteiger partial charge < -0.3 is 4.90 Å². The average Bonchev–Trinajstić information content (AvgIpc) is 2.92. The molecule has 0 radical (unpaired) electrons. The van der Waals surface area contributed by atoms with Crippen molar-refractivity contribution in [2.24, 2.45) is 0 Å². The van der Waals surface area contributed by atoms with Crippen LogP contribution in [-0.2, 0) is 6.54 Å². The number of amides is 1.